The summed E-state index contributed by atoms with van der Waals surface area (Å²) in [5.74, 6) is 0.121. The molecule has 0 amide bonds. The highest BCUT2D eigenvalue weighted by Gasteiger charge is 2.16. The Kier molecular flexibility index (Phi) is 4.20. The summed E-state index contributed by atoms with van der Waals surface area (Å²) in [6.07, 6.45) is 0.373. The van der Waals surface area contributed by atoms with Crippen molar-refractivity contribution < 1.29 is 4.79 Å². The van der Waals surface area contributed by atoms with Gasteiger partial charge in [-0.05, 0) is 36.7 Å². The monoisotopic (exact) mass is 320 g/mol. The molecule has 0 aliphatic carbocycles. The van der Waals surface area contributed by atoms with Crippen LogP contribution in [0, 0.1) is 13.8 Å². The number of rotatable bonds is 4. The van der Waals surface area contributed by atoms with E-state index in [-0.39, 0.29) is 5.78 Å². The maximum absolute atomic E-state index is 12.3. The van der Waals surface area contributed by atoms with Crippen LogP contribution >= 0.6 is 15.9 Å². The van der Waals surface area contributed by atoms with Crippen LogP contribution in [0.1, 0.15) is 34.2 Å². The molecule has 0 spiro atoms. The van der Waals surface area contributed by atoms with Crippen molar-refractivity contribution >= 4 is 21.7 Å². The molecule has 2 rings (SSSR count). The second-order valence-electron chi connectivity index (χ2n) is 4.63. The van der Waals surface area contributed by atoms with Gasteiger partial charge in [0.25, 0.3) is 0 Å². The Balaban J connectivity index is 2.26. The normalized spacial score (nSPS) is 10.7. The quantitative estimate of drug-likeness (QED) is 0.805. The van der Waals surface area contributed by atoms with Crippen LogP contribution in [0.25, 0.3) is 0 Å². The van der Waals surface area contributed by atoms with E-state index >= 15 is 0 Å². The first kappa shape index (κ1) is 14.0. The zero-order valence-corrected chi connectivity index (χ0v) is 13.0. The maximum Gasteiger partial charge on any atom is 0.168 e. The number of halogens is 1. The lowest BCUT2D eigenvalue weighted by atomic mass is 10.0. The van der Waals surface area contributed by atoms with Crippen LogP contribution in [0.5, 0.6) is 0 Å². The third-order valence-electron chi connectivity index (χ3n) is 3.15. The summed E-state index contributed by atoms with van der Waals surface area (Å²) < 4.78 is 2.82. The van der Waals surface area contributed by atoms with Gasteiger partial charge in [-0.15, -0.1) is 0 Å². The SMILES string of the molecule is CCn1nc(C)c(Br)c1CC(=O)c1ccc(C)cc1. The van der Waals surface area contributed by atoms with Crippen LogP contribution in [-0.2, 0) is 13.0 Å². The molecule has 3 nitrogen and oxygen atoms in total. The van der Waals surface area contributed by atoms with Gasteiger partial charge in [-0.25, -0.2) is 0 Å². The van der Waals surface area contributed by atoms with Crippen molar-refractivity contribution in [3.8, 4) is 0 Å². The molecule has 19 heavy (non-hydrogen) atoms. The Bertz CT molecular complexity index is 599. The Labute approximate surface area is 121 Å². The standard InChI is InChI=1S/C15H17BrN2O/c1-4-18-13(15(16)11(3)17-18)9-14(19)12-7-5-10(2)6-8-12/h5-8H,4,9H2,1-3H3. The highest BCUT2D eigenvalue weighted by Crippen LogP contribution is 2.22. The molecule has 0 atom stereocenters. The van der Waals surface area contributed by atoms with Crippen LogP contribution in [0.4, 0.5) is 0 Å². The minimum Gasteiger partial charge on any atom is -0.294 e. The Morgan fingerprint density at radius 3 is 2.47 bits per heavy atom. The Morgan fingerprint density at radius 2 is 1.89 bits per heavy atom. The summed E-state index contributed by atoms with van der Waals surface area (Å²) in [6, 6.07) is 7.69. The number of Topliss-reactive ketones (excluding diaryl/α,β-unsaturated/α-hetero) is 1. The molecule has 2 aromatic rings. The number of nitrogens with zero attached hydrogens (tertiary/aromatic N) is 2. The highest BCUT2D eigenvalue weighted by molar-refractivity contribution is 9.10. The van der Waals surface area contributed by atoms with Gasteiger partial charge >= 0.3 is 0 Å². The number of hydrogen-bond donors (Lipinski definition) is 0. The molecule has 0 unspecified atom stereocenters. The molecule has 0 saturated carbocycles. The summed E-state index contributed by atoms with van der Waals surface area (Å²) in [7, 11) is 0. The van der Waals surface area contributed by atoms with Crippen LogP contribution < -0.4 is 0 Å². The number of carbonyl (C=O) groups excluding carboxylic acids is 1. The molecule has 100 valence electrons. The first-order chi connectivity index (χ1) is 9.02. The minimum atomic E-state index is 0.121. The molecule has 0 N–H and O–H groups in total. The third-order valence-corrected chi connectivity index (χ3v) is 4.19. The van der Waals surface area contributed by atoms with E-state index in [1.807, 2.05) is 49.7 Å². The van der Waals surface area contributed by atoms with Gasteiger partial charge in [0.2, 0.25) is 0 Å². The van der Waals surface area contributed by atoms with Gasteiger partial charge in [0.15, 0.2) is 5.78 Å². The van der Waals surface area contributed by atoms with E-state index in [1.165, 1.54) is 0 Å². The van der Waals surface area contributed by atoms with E-state index in [0.29, 0.717) is 6.42 Å². The highest BCUT2D eigenvalue weighted by atomic mass is 79.9. The molecule has 4 heteroatoms. The second-order valence-corrected chi connectivity index (χ2v) is 5.42. The minimum absolute atomic E-state index is 0.121. The summed E-state index contributed by atoms with van der Waals surface area (Å²) in [6.45, 7) is 6.75. The van der Waals surface area contributed by atoms with E-state index in [0.717, 1.165) is 33.5 Å². The largest absolute Gasteiger partial charge is 0.294 e. The van der Waals surface area contributed by atoms with Crippen molar-refractivity contribution in [3.63, 3.8) is 0 Å². The molecule has 0 aliphatic rings. The summed E-state index contributed by atoms with van der Waals surface area (Å²) >= 11 is 3.52. The van der Waals surface area contributed by atoms with Gasteiger partial charge in [0.05, 0.1) is 22.3 Å². The zero-order chi connectivity index (χ0) is 14.0. The van der Waals surface area contributed by atoms with Crippen molar-refractivity contribution in [2.24, 2.45) is 0 Å². The summed E-state index contributed by atoms with van der Waals surface area (Å²) in [4.78, 5) is 12.3. The predicted octanol–water partition coefficient (Wildman–Crippen LogP) is 3.71. The number of aromatic nitrogens is 2. The van der Waals surface area contributed by atoms with E-state index in [2.05, 4.69) is 21.0 Å². The number of hydrogen-bond acceptors (Lipinski definition) is 2. The van der Waals surface area contributed by atoms with Crippen molar-refractivity contribution in [1.82, 2.24) is 9.78 Å². The Morgan fingerprint density at radius 1 is 1.26 bits per heavy atom. The molecular weight excluding hydrogens is 304 g/mol. The summed E-state index contributed by atoms with van der Waals surface area (Å²) in [5.41, 5.74) is 3.78. The molecule has 0 bridgehead atoms. The lowest BCUT2D eigenvalue weighted by Crippen LogP contribution is -2.10. The number of carbonyl (C=O) groups is 1. The van der Waals surface area contributed by atoms with Crippen LogP contribution in [0.2, 0.25) is 0 Å². The predicted molar refractivity (Wildman–Crippen MR) is 79.6 cm³/mol. The molecule has 0 aliphatic heterocycles. The van der Waals surface area contributed by atoms with E-state index < -0.39 is 0 Å². The average molecular weight is 321 g/mol. The topological polar surface area (TPSA) is 34.9 Å². The van der Waals surface area contributed by atoms with Crippen LogP contribution in [0.15, 0.2) is 28.7 Å². The molecule has 1 aromatic carbocycles. The average Bonchev–Trinajstić information content (AvgIpc) is 2.67. The van der Waals surface area contributed by atoms with Crippen molar-refractivity contribution in [3.05, 3.63) is 51.3 Å². The van der Waals surface area contributed by atoms with Gasteiger partial charge in [-0.3, -0.25) is 9.48 Å². The van der Waals surface area contributed by atoms with Gasteiger partial charge in [-0.1, -0.05) is 29.8 Å². The molecule has 0 fully saturated rings. The van der Waals surface area contributed by atoms with E-state index in [1.54, 1.807) is 0 Å². The first-order valence-corrected chi connectivity index (χ1v) is 7.14. The summed E-state index contributed by atoms with van der Waals surface area (Å²) in [5, 5.41) is 4.41. The zero-order valence-electron chi connectivity index (χ0n) is 11.4. The fourth-order valence-corrected chi connectivity index (χ4v) is 2.46. The molecule has 1 heterocycles. The fraction of sp³-hybridized carbons (Fsp3) is 0.333. The van der Waals surface area contributed by atoms with Crippen molar-refractivity contribution in [1.29, 1.82) is 0 Å². The van der Waals surface area contributed by atoms with Gasteiger partial charge < -0.3 is 0 Å². The van der Waals surface area contributed by atoms with Crippen LogP contribution in [-0.4, -0.2) is 15.6 Å². The second kappa shape index (κ2) is 5.70. The lowest BCUT2D eigenvalue weighted by molar-refractivity contribution is 0.0990. The van der Waals surface area contributed by atoms with Crippen LogP contribution in [0.3, 0.4) is 0 Å². The van der Waals surface area contributed by atoms with Gasteiger partial charge in [0.1, 0.15) is 0 Å². The molecule has 0 saturated heterocycles. The van der Waals surface area contributed by atoms with Crippen molar-refractivity contribution in [2.75, 3.05) is 0 Å². The molecule has 0 radical (unpaired) electrons. The third kappa shape index (κ3) is 2.95. The van der Waals surface area contributed by atoms with E-state index in [4.69, 9.17) is 0 Å². The fourth-order valence-electron chi connectivity index (χ4n) is 2.03. The lowest BCUT2D eigenvalue weighted by Gasteiger charge is -2.05. The van der Waals surface area contributed by atoms with Crippen molar-refractivity contribution in [2.45, 2.75) is 33.7 Å². The maximum atomic E-state index is 12.3. The smallest absolute Gasteiger partial charge is 0.168 e. The Hall–Kier alpha value is -1.42. The first-order valence-electron chi connectivity index (χ1n) is 6.34. The number of benzene rings is 1. The van der Waals surface area contributed by atoms with Gasteiger partial charge in [0, 0.05) is 12.1 Å². The van der Waals surface area contributed by atoms with Gasteiger partial charge in [-0.2, -0.15) is 5.10 Å². The number of ketones is 1. The van der Waals surface area contributed by atoms with E-state index in [9.17, 15) is 4.79 Å². The number of aryl methyl sites for hydroxylation is 3. The molecule has 1 aromatic heterocycles. The molecular formula is C15H17BrN2O.